The van der Waals surface area contributed by atoms with Crippen molar-refractivity contribution in [3.8, 4) is 5.75 Å². The summed E-state index contributed by atoms with van der Waals surface area (Å²) in [5, 5.41) is 3.06. The minimum Gasteiger partial charge on any atom is -0.487 e. The van der Waals surface area contributed by atoms with Gasteiger partial charge < -0.3 is 15.0 Å². The van der Waals surface area contributed by atoms with Crippen LogP contribution < -0.4 is 10.1 Å². The molecule has 1 fully saturated rings. The summed E-state index contributed by atoms with van der Waals surface area (Å²) in [7, 11) is 0. The molecular formula is C19H26N2O3. The van der Waals surface area contributed by atoms with E-state index in [0.717, 1.165) is 50.1 Å². The minimum atomic E-state index is -0.287. The van der Waals surface area contributed by atoms with Crippen molar-refractivity contribution in [1.82, 2.24) is 10.2 Å². The lowest BCUT2D eigenvalue weighted by molar-refractivity contribution is -0.135. The van der Waals surface area contributed by atoms with E-state index in [-0.39, 0.29) is 23.5 Å². The molecule has 1 saturated heterocycles. The van der Waals surface area contributed by atoms with Crippen molar-refractivity contribution in [2.45, 2.75) is 57.6 Å². The van der Waals surface area contributed by atoms with Gasteiger partial charge in [0.25, 0.3) is 0 Å². The van der Waals surface area contributed by atoms with Crippen molar-refractivity contribution in [1.29, 1.82) is 0 Å². The molecule has 1 aromatic carbocycles. The van der Waals surface area contributed by atoms with E-state index >= 15 is 0 Å². The number of likely N-dealkylation sites (tertiary alicyclic amines) is 1. The average Bonchev–Trinajstić information content (AvgIpc) is 2.55. The van der Waals surface area contributed by atoms with E-state index in [4.69, 9.17) is 4.74 Å². The Kier molecular flexibility index (Phi) is 4.78. The lowest BCUT2D eigenvalue weighted by Gasteiger charge is -2.47. The van der Waals surface area contributed by atoms with E-state index in [9.17, 15) is 9.59 Å². The Hall–Kier alpha value is -2.04. The van der Waals surface area contributed by atoms with Gasteiger partial charge in [-0.2, -0.15) is 0 Å². The molecule has 130 valence electrons. The van der Waals surface area contributed by atoms with Gasteiger partial charge in [0, 0.05) is 51.3 Å². The van der Waals surface area contributed by atoms with Crippen LogP contribution in [0.4, 0.5) is 0 Å². The molecule has 2 aliphatic rings. The van der Waals surface area contributed by atoms with E-state index in [1.54, 1.807) is 6.92 Å². The minimum absolute atomic E-state index is 0.0228. The Bertz CT molecular complexity index is 621. The molecule has 24 heavy (non-hydrogen) atoms. The van der Waals surface area contributed by atoms with Gasteiger partial charge in [-0.1, -0.05) is 25.1 Å². The molecule has 0 saturated carbocycles. The zero-order valence-electron chi connectivity index (χ0n) is 14.5. The Morgan fingerprint density at radius 2 is 2.00 bits per heavy atom. The van der Waals surface area contributed by atoms with Crippen molar-refractivity contribution in [2.24, 2.45) is 0 Å². The standard InChI is InChI=1S/C19H26N2O3/c1-3-6-18(23)21-11-9-19(10-12-21)13-16(20-14(2)22)15-7-4-5-8-17(15)24-19/h4-5,7-8,16H,3,6,9-13H2,1-2H3,(H,20,22). The zero-order valence-corrected chi connectivity index (χ0v) is 14.5. The fourth-order valence-corrected chi connectivity index (χ4v) is 3.83. The third-order valence-electron chi connectivity index (χ3n) is 5.07. The number of nitrogens with one attached hydrogen (secondary N) is 1. The molecule has 2 amide bonds. The molecule has 1 spiro atoms. The van der Waals surface area contributed by atoms with Crippen LogP contribution in [0.25, 0.3) is 0 Å². The number of amides is 2. The van der Waals surface area contributed by atoms with Gasteiger partial charge in [-0.15, -0.1) is 0 Å². The Morgan fingerprint density at radius 1 is 1.29 bits per heavy atom. The predicted octanol–water partition coefficient (Wildman–Crippen LogP) is 2.81. The van der Waals surface area contributed by atoms with Crippen LogP contribution in [-0.4, -0.2) is 35.4 Å². The van der Waals surface area contributed by atoms with Crippen LogP contribution in [-0.2, 0) is 9.59 Å². The van der Waals surface area contributed by atoms with E-state index in [2.05, 4.69) is 5.32 Å². The van der Waals surface area contributed by atoms with Gasteiger partial charge >= 0.3 is 0 Å². The smallest absolute Gasteiger partial charge is 0.222 e. The molecule has 1 unspecified atom stereocenters. The fourth-order valence-electron chi connectivity index (χ4n) is 3.83. The number of para-hydroxylation sites is 1. The highest BCUT2D eigenvalue weighted by Crippen LogP contribution is 2.44. The summed E-state index contributed by atoms with van der Waals surface area (Å²) in [5.74, 6) is 1.07. The molecular weight excluding hydrogens is 304 g/mol. The highest BCUT2D eigenvalue weighted by molar-refractivity contribution is 5.76. The normalized spacial score (nSPS) is 21.8. The highest BCUT2D eigenvalue weighted by Gasteiger charge is 2.44. The second-order valence-electron chi connectivity index (χ2n) is 6.91. The molecule has 3 rings (SSSR count). The fraction of sp³-hybridized carbons (Fsp3) is 0.579. The maximum absolute atomic E-state index is 12.1. The molecule has 2 heterocycles. The van der Waals surface area contributed by atoms with Crippen molar-refractivity contribution >= 4 is 11.8 Å². The summed E-state index contributed by atoms with van der Waals surface area (Å²) in [4.78, 5) is 25.7. The lowest BCUT2D eigenvalue weighted by Crippen LogP contribution is -2.53. The van der Waals surface area contributed by atoms with Crippen LogP contribution >= 0.6 is 0 Å². The molecule has 5 heteroatoms. The van der Waals surface area contributed by atoms with E-state index < -0.39 is 0 Å². The molecule has 0 bridgehead atoms. The average molecular weight is 330 g/mol. The summed E-state index contributed by atoms with van der Waals surface area (Å²) in [6.07, 6.45) is 3.89. The molecule has 5 nitrogen and oxygen atoms in total. The molecule has 0 aliphatic carbocycles. The first-order valence-corrected chi connectivity index (χ1v) is 8.86. The Labute approximate surface area is 143 Å². The van der Waals surface area contributed by atoms with Crippen molar-refractivity contribution in [3.63, 3.8) is 0 Å². The number of piperidine rings is 1. The highest BCUT2D eigenvalue weighted by atomic mass is 16.5. The Balaban J connectivity index is 1.76. The van der Waals surface area contributed by atoms with Gasteiger partial charge in [-0.25, -0.2) is 0 Å². The van der Waals surface area contributed by atoms with Crippen molar-refractivity contribution in [2.75, 3.05) is 13.1 Å². The quantitative estimate of drug-likeness (QED) is 0.927. The van der Waals surface area contributed by atoms with E-state index in [0.29, 0.717) is 6.42 Å². The number of ether oxygens (including phenoxy) is 1. The van der Waals surface area contributed by atoms with Gasteiger partial charge in [0.1, 0.15) is 11.4 Å². The first kappa shape index (κ1) is 16.8. The van der Waals surface area contributed by atoms with Gasteiger partial charge in [-0.05, 0) is 12.5 Å². The van der Waals surface area contributed by atoms with Crippen LogP contribution in [0, 0.1) is 0 Å². The summed E-state index contributed by atoms with van der Waals surface area (Å²) in [5.41, 5.74) is 0.757. The first-order chi connectivity index (χ1) is 11.5. The van der Waals surface area contributed by atoms with Crippen molar-refractivity contribution < 1.29 is 14.3 Å². The van der Waals surface area contributed by atoms with Crippen LogP contribution in [0.2, 0.25) is 0 Å². The van der Waals surface area contributed by atoms with E-state index in [1.165, 1.54) is 0 Å². The third-order valence-corrected chi connectivity index (χ3v) is 5.07. The summed E-state index contributed by atoms with van der Waals surface area (Å²) >= 11 is 0. The number of carbonyl (C=O) groups is 2. The second-order valence-corrected chi connectivity index (χ2v) is 6.91. The summed E-state index contributed by atoms with van der Waals surface area (Å²) < 4.78 is 6.37. The molecule has 2 aliphatic heterocycles. The lowest BCUT2D eigenvalue weighted by atomic mass is 9.80. The van der Waals surface area contributed by atoms with Crippen molar-refractivity contribution in [3.05, 3.63) is 29.8 Å². The van der Waals surface area contributed by atoms with Crippen LogP contribution in [0.15, 0.2) is 24.3 Å². The molecule has 1 aromatic rings. The SMILES string of the molecule is CCCC(=O)N1CCC2(CC1)CC(NC(C)=O)c1ccccc1O2. The van der Waals surface area contributed by atoms with Crippen LogP contribution in [0.5, 0.6) is 5.75 Å². The monoisotopic (exact) mass is 330 g/mol. The molecule has 0 radical (unpaired) electrons. The Morgan fingerprint density at radius 3 is 2.67 bits per heavy atom. The summed E-state index contributed by atoms with van der Waals surface area (Å²) in [6.45, 7) is 5.04. The van der Waals surface area contributed by atoms with Gasteiger partial charge in [0.2, 0.25) is 11.8 Å². The number of rotatable bonds is 3. The summed E-state index contributed by atoms with van der Waals surface area (Å²) in [6, 6.07) is 7.90. The van der Waals surface area contributed by atoms with E-state index in [1.807, 2.05) is 36.1 Å². The molecule has 1 N–H and O–H groups in total. The number of fused-ring (bicyclic) bond motifs is 1. The molecule has 1 atom stereocenters. The number of nitrogens with zero attached hydrogens (tertiary/aromatic N) is 1. The number of benzene rings is 1. The maximum atomic E-state index is 12.1. The maximum Gasteiger partial charge on any atom is 0.222 e. The van der Waals surface area contributed by atoms with Crippen LogP contribution in [0.1, 0.15) is 57.6 Å². The van der Waals surface area contributed by atoms with Gasteiger partial charge in [0.15, 0.2) is 0 Å². The number of hydrogen-bond donors (Lipinski definition) is 1. The van der Waals surface area contributed by atoms with Crippen LogP contribution in [0.3, 0.4) is 0 Å². The van der Waals surface area contributed by atoms with Gasteiger partial charge in [-0.3, -0.25) is 9.59 Å². The number of hydrogen-bond acceptors (Lipinski definition) is 3. The molecule has 0 aromatic heterocycles. The van der Waals surface area contributed by atoms with Gasteiger partial charge in [0.05, 0.1) is 6.04 Å². The predicted molar refractivity (Wildman–Crippen MR) is 91.7 cm³/mol. The number of carbonyl (C=O) groups excluding carboxylic acids is 2. The largest absolute Gasteiger partial charge is 0.487 e. The zero-order chi connectivity index (χ0) is 17.2. The second kappa shape index (κ2) is 6.83. The third kappa shape index (κ3) is 3.40. The topological polar surface area (TPSA) is 58.6 Å². The first-order valence-electron chi connectivity index (χ1n) is 8.86.